The van der Waals surface area contributed by atoms with Crippen LogP contribution in [0.1, 0.15) is 29.4 Å². The Kier molecular flexibility index (Phi) is 8.10. The van der Waals surface area contributed by atoms with Crippen LogP contribution in [-0.4, -0.2) is 46.6 Å². The molecule has 0 spiro atoms. The fourth-order valence-corrected chi connectivity index (χ4v) is 2.75. The van der Waals surface area contributed by atoms with E-state index in [0.29, 0.717) is 19.0 Å². The van der Waals surface area contributed by atoms with E-state index in [0.717, 1.165) is 29.1 Å². The number of hydrogen-bond donors (Lipinski definition) is 3. The van der Waals surface area contributed by atoms with Crippen LogP contribution in [0.2, 0.25) is 0 Å². The molecule has 30 heavy (non-hydrogen) atoms. The molecule has 0 amide bonds. The molecule has 0 saturated carbocycles. The third-order valence-electron chi connectivity index (χ3n) is 4.53. The van der Waals surface area contributed by atoms with Crippen LogP contribution in [0.3, 0.4) is 0 Å². The van der Waals surface area contributed by atoms with Gasteiger partial charge in [0.1, 0.15) is 18.5 Å². The zero-order valence-corrected chi connectivity index (χ0v) is 17.5. The highest BCUT2D eigenvalue weighted by atomic mass is 19.4. The van der Waals surface area contributed by atoms with Crippen molar-refractivity contribution in [3.63, 3.8) is 0 Å². The number of aliphatic imine (C=N–C) groups is 1. The topological polar surface area (TPSA) is 83.7 Å². The van der Waals surface area contributed by atoms with Crippen LogP contribution in [0.25, 0.3) is 0 Å². The fraction of sp³-hybridized carbons (Fsp3) is 0.500. The number of halogens is 3. The van der Waals surface area contributed by atoms with Crippen LogP contribution in [-0.2, 0) is 19.8 Å². The number of nitrogens with zero attached hydrogens (tertiary/aromatic N) is 3. The smallest absolute Gasteiger partial charge is 0.416 e. The van der Waals surface area contributed by atoms with Crippen molar-refractivity contribution < 1.29 is 23.0 Å². The average molecular weight is 427 g/mol. The predicted octanol–water partition coefficient (Wildman–Crippen LogP) is 2.55. The minimum atomic E-state index is -4.39. The van der Waals surface area contributed by atoms with Gasteiger partial charge in [-0.3, -0.25) is 4.68 Å². The molecule has 2 rings (SSSR count). The summed E-state index contributed by atoms with van der Waals surface area (Å²) in [5, 5.41) is 20.6. The summed E-state index contributed by atoms with van der Waals surface area (Å²) in [4.78, 5) is 4.52. The van der Waals surface area contributed by atoms with Crippen LogP contribution < -0.4 is 15.4 Å². The van der Waals surface area contributed by atoms with E-state index in [2.05, 4.69) is 20.7 Å². The van der Waals surface area contributed by atoms with Gasteiger partial charge in [-0.1, -0.05) is 0 Å². The van der Waals surface area contributed by atoms with E-state index in [1.54, 1.807) is 0 Å². The number of guanidine groups is 1. The summed E-state index contributed by atoms with van der Waals surface area (Å²) < 4.78 is 44.9. The summed E-state index contributed by atoms with van der Waals surface area (Å²) in [5.41, 5.74) is 2.25. The summed E-state index contributed by atoms with van der Waals surface area (Å²) in [5.74, 6) is 0.791. The Morgan fingerprint density at radius 1 is 1.23 bits per heavy atom. The van der Waals surface area contributed by atoms with Gasteiger partial charge in [0.25, 0.3) is 0 Å². The third-order valence-corrected chi connectivity index (χ3v) is 4.53. The monoisotopic (exact) mass is 427 g/mol. The molecular formula is C20H28F3N5O2. The number of aliphatic hydroxyl groups is 1. The first kappa shape index (κ1) is 23.5. The van der Waals surface area contributed by atoms with E-state index in [-0.39, 0.29) is 18.9 Å². The molecule has 1 heterocycles. The van der Waals surface area contributed by atoms with Gasteiger partial charge in [0.2, 0.25) is 0 Å². The first-order valence-electron chi connectivity index (χ1n) is 9.61. The fourth-order valence-electron chi connectivity index (χ4n) is 2.75. The van der Waals surface area contributed by atoms with Gasteiger partial charge in [-0.2, -0.15) is 18.3 Å². The van der Waals surface area contributed by atoms with E-state index >= 15 is 0 Å². The molecule has 1 aromatic carbocycles. The maximum Gasteiger partial charge on any atom is 0.416 e. The molecular weight excluding hydrogens is 399 g/mol. The number of benzene rings is 1. The lowest BCUT2D eigenvalue weighted by atomic mass is 10.2. The van der Waals surface area contributed by atoms with Gasteiger partial charge in [0.15, 0.2) is 5.96 Å². The van der Waals surface area contributed by atoms with Crippen molar-refractivity contribution in [1.29, 1.82) is 0 Å². The van der Waals surface area contributed by atoms with Crippen molar-refractivity contribution in [3.05, 3.63) is 46.8 Å². The molecule has 0 radical (unpaired) electrons. The quantitative estimate of drug-likeness (QED) is 0.446. The Morgan fingerprint density at radius 2 is 1.90 bits per heavy atom. The Balaban J connectivity index is 1.86. The largest absolute Gasteiger partial charge is 0.491 e. The minimum absolute atomic E-state index is 0.0708. The first-order chi connectivity index (χ1) is 14.1. The van der Waals surface area contributed by atoms with Crippen molar-refractivity contribution >= 4 is 5.96 Å². The highest BCUT2D eigenvalue weighted by Crippen LogP contribution is 2.30. The van der Waals surface area contributed by atoms with Crippen molar-refractivity contribution in [2.45, 2.75) is 39.6 Å². The Morgan fingerprint density at radius 3 is 2.43 bits per heavy atom. The maximum atomic E-state index is 12.6. The van der Waals surface area contributed by atoms with Crippen molar-refractivity contribution in [1.82, 2.24) is 20.4 Å². The Labute approximate surface area is 174 Å². The van der Waals surface area contributed by atoms with E-state index in [1.165, 1.54) is 12.1 Å². The molecule has 10 heteroatoms. The number of rotatable bonds is 8. The van der Waals surface area contributed by atoms with Gasteiger partial charge in [-0.15, -0.1) is 0 Å². The number of aliphatic hydroxyl groups excluding tert-OH is 1. The molecule has 1 atom stereocenters. The van der Waals surface area contributed by atoms with Crippen LogP contribution >= 0.6 is 0 Å². The van der Waals surface area contributed by atoms with E-state index in [4.69, 9.17) is 4.74 Å². The molecule has 1 aromatic heterocycles. The lowest BCUT2D eigenvalue weighted by Gasteiger charge is -2.16. The molecule has 0 aliphatic carbocycles. The molecule has 0 aliphatic rings. The average Bonchev–Trinajstić information content (AvgIpc) is 2.93. The van der Waals surface area contributed by atoms with Gasteiger partial charge in [-0.25, -0.2) is 4.99 Å². The van der Waals surface area contributed by atoms with Crippen molar-refractivity contribution in [2.24, 2.45) is 12.0 Å². The summed E-state index contributed by atoms with van der Waals surface area (Å²) in [7, 11) is 1.88. The molecule has 3 N–H and O–H groups in total. The van der Waals surface area contributed by atoms with Gasteiger partial charge >= 0.3 is 6.18 Å². The third kappa shape index (κ3) is 6.65. The lowest BCUT2D eigenvalue weighted by molar-refractivity contribution is -0.137. The van der Waals surface area contributed by atoms with Gasteiger partial charge in [0.05, 0.1) is 17.8 Å². The Hall–Kier alpha value is -2.75. The second-order valence-electron chi connectivity index (χ2n) is 6.84. The van der Waals surface area contributed by atoms with Crippen molar-refractivity contribution in [2.75, 3.05) is 19.7 Å². The van der Waals surface area contributed by atoms with Crippen LogP contribution in [0.4, 0.5) is 13.2 Å². The number of hydrogen-bond acceptors (Lipinski definition) is 4. The van der Waals surface area contributed by atoms with Crippen LogP contribution in [0.5, 0.6) is 5.75 Å². The molecule has 0 fully saturated rings. The van der Waals surface area contributed by atoms with Gasteiger partial charge in [0, 0.05) is 31.4 Å². The maximum absolute atomic E-state index is 12.6. The normalized spacial score (nSPS) is 13.3. The predicted molar refractivity (Wildman–Crippen MR) is 108 cm³/mol. The molecule has 0 saturated heterocycles. The van der Waals surface area contributed by atoms with Gasteiger partial charge in [-0.05, 0) is 45.0 Å². The molecule has 166 valence electrons. The minimum Gasteiger partial charge on any atom is -0.491 e. The number of aryl methyl sites for hydroxylation is 2. The second-order valence-corrected chi connectivity index (χ2v) is 6.84. The van der Waals surface area contributed by atoms with E-state index in [1.807, 2.05) is 32.5 Å². The second kappa shape index (κ2) is 10.3. The van der Waals surface area contributed by atoms with Crippen molar-refractivity contribution in [3.8, 4) is 5.75 Å². The SMILES string of the molecule is CCNC(=NCc1c(C)nn(C)c1C)NCC(O)COc1ccc(C(F)(F)F)cc1. The zero-order valence-electron chi connectivity index (χ0n) is 17.5. The summed E-state index contributed by atoms with van der Waals surface area (Å²) in [6.07, 6.45) is -5.27. The van der Waals surface area contributed by atoms with E-state index in [9.17, 15) is 18.3 Å². The molecule has 0 aliphatic heterocycles. The molecule has 7 nitrogen and oxygen atoms in total. The van der Waals surface area contributed by atoms with Gasteiger partial charge < -0.3 is 20.5 Å². The summed E-state index contributed by atoms with van der Waals surface area (Å²) in [6.45, 7) is 7.03. The Bertz CT molecular complexity index is 847. The van der Waals surface area contributed by atoms with E-state index < -0.39 is 17.8 Å². The lowest BCUT2D eigenvalue weighted by Crippen LogP contribution is -2.42. The van der Waals surface area contributed by atoms with Crippen LogP contribution in [0.15, 0.2) is 29.3 Å². The molecule has 0 bridgehead atoms. The van der Waals surface area contributed by atoms with Crippen LogP contribution in [0, 0.1) is 13.8 Å². The number of ether oxygens (including phenoxy) is 1. The number of nitrogens with one attached hydrogen (secondary N) is 2. The molecule has 2 aromatic rings. The standard InChI is InChI=1S/C20H28F3N5O2/c1-5-24-19(26-11-18-13(2)27-28(4)14(18)3)25-10-16(29)12-30-17-8-6-15(7-9-17)20(21,22)23/h6-9,16,29H,5,10-12H2,1-4H3,(H2,24,25,26). The number of aromatic nitrogens is 2. The zero-order chi connectivity index (χ0) is 22.3. The summed E-state index contributed by atoms with van der Waals surface area (Å²) >= 11 is 0. The summed E-state index contributed by atoms with van der Waals surface area (Å²) in [6, 6.07) is 4.34. The molecule has 1 unspecified atom stereocenters. The highest BCUT2D eigenvalue weighted by Gasteiger charge is 2.30. The highest BCUT2D eigenvalue weighted by molar-refractivity contribution is 5.79. The number of alkyl halides is 3. The first-order valence-corrected chi connectivity index (χ1v) is 9.61.